The van der Waals surface area contributed by atoms with E-state index < -0.39 is 0 Å². The van der Waals surface area contributed by atoms with Crippen molar-refractivity contribution in [1.82, 2.24) is 14.8 Å². The van der Waals surface area contributed by atoms with Crippen LogP contribution in [0.15, 0.2) is 42.7 Å². The topological polar surface area (TPSA) is 49.2 Å². The molecule has 2 aromatic heterocycles. The molecule has 0 spiro atoms. The molecular weight excluding hydrogens is 302 g/mol. The summed E-state index contributed by atoms with van der Waals surface area (Å²) < 4.78 is 13.0. The minimum absolute atomic E-state index is 0.484. The Morgan fingerprint density at radius 2 is 2.12 bits per heavy atom. The summed E-state index contributed by atoms with van der Waals surface area (Å²) in [5.41, 5.74) is 2.98. The number of aromatic nitrogens is 3. The van der Waals surface area contributed by atoms with Gasteiger partial charge in [0.1, 0.15) is 5.75 Å². The quantitative estimate of drug-likeness (QED) is 0.696. The molecule has 1 fully saturated rings. The van der Waals surface area contributed by atoms with Crippen molar-refractivity contribution >= 4 is 11.0 Å². The number of hydrogen-bond acceptors (Lipinski definition) is 4. The second-order valence-electron chi connectivity index (χ2n) is 6.19. The highest BCUT2D eigenvalue weighted by Crippen LogP contribution is 2.23. The highest BCUT2D eigenvalue weighted by atomic mass is 16.5. The lowest BCUT2D eigenvalue weighted by Gasteiger charge is -2.25. The van der Waals surface area contributed by atoms with E-state index in [2.05, 4.69) is 16.1 Å². The summed E-state index contributed by atoms with van der Waals surface area (Å²) in [6.07, 6.45) is 8.89. The third-order valence-corrected chi connectivity index (χ3v) is 4.56. The average molecular weight is 323 g/mol. The number of rotatable bonds is 6. The number of hydrogen-bond donors (Lipinski definition) is 0. The van der Waals surface area contributed by atoms with Gasteiger partial charge in [0.25, 0.3) is 0 Å². The minimum atomic E-state index is 0.484. The highest BCUT2D eigenvalue weighted by Gasteiger charge is 2.17. The molecule has 0 N–H and O–H groups in total. The Hall–Kier alpha value is -2.40. The highest BCUT2D eigenvalue weighted by molar-refractivity contribution is 5.76. The molecule has 5 heteroatoms. The Kier molecular flexibility index (Phi) is 4.17. The van der Waals surface area contributed by atoms with Crippen LogP contribution in [0.4, 0.5) is 0 Å². The summed E-state index contributed by atoms with van der Waals surface area (Å²) in [5, 5.41) is 5.52. The van der Waals surface area contributed by atoms with Crippen LogP contribution in [0.5, 0.6) is 5.75 Å². The van der Waals surface area contributed by atoms with E-state index in [1.807, 2.05) is 41.3 Å². The zero-order valence-corrected chi connectivity index (χ0v) is 13.8. The van der Waals surface area contributed by atoms with Crippen LogP contribution in [-0.2, 0) is 11.2 Å². The molecule has 5 nitrogen and oxygen atoms in total. The van der Waals surface area contributed by atoms with Crippen LogP contribution in [0, 0.1) is 0 Å². The van der Waals surface area contributed by atoms with Gasteiger partial charge in [-0.2, -0.15) is 5.10 Å². The normalized spacial score (nSPS) is 14.7. The van der Waals surface area contributed by atoms with Crippen LogP contribution < -0.4 is 4.74 Å². The fraction of sp³-hybridized carbons (Fsp3) is 0.368. The summed E-state index contributed by atoms with van der Waals surface area (Å²) in [4.78, 5) is 4.61. The van der Waals surface area contributed by atoms with Gasteiger partial charge < -0.3 is 9.47 Å². The van der Waals surface area contributed by atoms with Gasteiger partial charge in [-0.1, -0.05) is 6.07 Å². The molecule has 1 aliphatic carbocycles. The maximum Gasteiger partial charge on any atom is 0.162 e. The summed E-state index contributed by atoms with van der Waals surface area (Å²) in [5.74, 6) is 0.806. The van der Waals surface area contributed by atoms with Gasteiger partial charge in [0.05, 0.1) is 31.7 Å². The molecule has 3 aromatic rings. The zero-order valence-electron chi connectivity index (χ0n) is 13.8. The molecule has 0 aliphatic heterocycles. The third kappa shape index (κ3) is 2.99. The van der Waals surface area contributed by atoms with E-state index in [4.69, 9.17) is 9.47 Å². The van der Waals surface area contributed by atoms with Crippen LogP contribution >= 0.6 is 0 Å². The minimum Gasteiger partial charge on any atom is -0.497 e. The van der Waals surface area contributed by atoms with Crippen LogP contribution in [0.3, 0.4) is 0 Å². The molecular formula is C19H21N3O2. The smallest absolute Gasteiger partial charge is 0.162 e. The predicted octanol–water partition coefficient (Wildman–Crippen LogP) is 3.54. The molecule has 1 aromatic carbocycles. The lowest BCUT2D eigenvalue weighted by Crippen LogP contribution is -2.22. The molecule has 2 heterocycles. The fourth-order valence-corrected chi connectivity index (χ4v) is 2.92. The van der Waals surface area contributed by atoms with Crippen molar-refractivity contribution in [1.29, 1.82) is 0 Å². The number of benzene rings is 1. The van der Waals surface area contributed by atoms with E-state index >= 15 is 0 Å². The Morgan fingerprint density at radius 3 is 2.92 bits per heavy atom. The van der Waals surface area contributed by atoms with Crippen LogP contribution in [-0.4, -0.2) is 34.6 Å². The molecule has 0 atom stereocenters. The SMILES string of the molecule is COc1cccc(-n2ncc3cc(CCOC4CCC4)cnc32)c1. The Labute approximate surface area is 141 Å². The second-order valence-corrected chi connectivity index (χ2v) is 6.19. The number of nitrogens with zero attached hydrogens (tertiary/aromatic N) is 3. The first kappa shape index (κ1) is 15.1. The second kappa shape index (κ2) is 6.61. The van der Waals surface area contributed by atoms with Gasteiger partial charge in [-0.05, 0) is 49.4 Å². The van der Waals surface area contributed by atoms with Crippen molar-refractivity contribution in [2.75, 3.05) is 13.7 Å². The lowest BCUT2D eigenvalue weighted by molar-refractivity contribution is 0.00412. The van der Waals surface area contributed by atoms with Crippen LogP contribution in [0.1, 0.15) is 24.8 Å². The molecule has 1 aliphatic rings. The number of ether oxygens (including phenoxy) is 2. The Morgan fingerprint density at radius 1 is 1.21 bits per heavy atom. The fourth-order valence-electron chi connectivity index (χ4n) is 2.92. The first-order valence-corrected chi connectivity index (χ1v) is 8.42. The molecule has 0 unspecified atom stereocenters. The van der Waals surface area contributed by atoms with Crippen molar-refractivity contribution in [2.45, 2.75) is 31.8 Å². The molecule has 24 heavy (non-hydrogen) atoms. The molecule has 124 valence electrons. The third-order valence-electron chi connectivity index (χ3n) is 4.56. The largest absolute Gasteiger partial charge is 0.497 e. The summed E-state index contributed by atoms with van der Waals surface area (Å²) in [6, 6.07) is 9.97. The zero-order chi connectivity index (χ0) is 16.4. The molecule has 0 radical (unpaired) electrons. The van der Waals surface area contributed by atoms with Crippen molar-refractivity contribution in [3.05, 3.63) is 48.3 Å². The van der Waals surface area contributed by atoms with Gasteiger partial charge in [-0.3, -0.25) is 0 Å². The van der Waals surface area contributed by atoms with E-state index in [9.17, 15) is 0 Å². The van der Waals surface area contributed by atoms with Crippen molar-refractivity contribution in [3.8, 4) is 11.4 Å². The molecule has 1 saturated carbocycles. The van der Waals surface area contributed by atoms with Crippen LogP contribution in [0.2, 0.25) is 0 Å². The van der Waals surface area contributed by atoms with E-state index in [1.165, 1.54) is 24.8 Å². The summed E-state index contributed by atoms with van der Waals surface area (Å²) >= 11 is 0. The van der Waals surface area contributed by atoms with Gasteiger partial charge in [0.2, 0.25) is 0 Å². The molecule has 0 amide bonds. The first-order valence-electron chi connectivity index (χ1n) is 8.42. The lowest BCUT2D eigenvalue weighted by atomic mass is 9.96. The van der Waals surface area contributed by atoms with E-state index in [1.54, 1.807) is 7.11 Å². The summed E-state index contributed by atoms with van der Waals surface area (Å²) in [7, 11) is 1.66. The monoisotopic (exact) mass is 323 g/mol. The van der Waals surface area contributed by atoms with Gasteiger partial charge in [-0.15, -0.1) is 0 Å². The van der Waals surface area contributed by atoms with Crippen LogP contribution in [0.25, 0.3) is 16.7 Å². The van der Waals surface area contributed by atoms with Gasteiger partial charge in [0.15, 0.2) is 5.65 Å². The first-order chi connectivity index (χ1) is 11.8. The Balaban J connectivity index is 1.53. The number of methoxy groups -OCH3 is 1. The van der Waals surface area contributed by atoms with Gasteiger partial charge in [0, 0.05) is 17.6 Å². The van der Waals surface area contributed by atoms with Crippen molar-refractivity contribution < 1.29 is 9.47 Å². The Bertz CT molecular complexity index is 839. The van der Waals surface area contributed by atoms with E-state index in [0.717, 1.165) is 35.5 Å². The van der Waals surface area contributed by atoms with Crippen molar-refractivity contribution in [2.24, 2.45) is 0 Å². The maximum atomic E-state index is 5.83. The molecule has 0 bridgehead atoms. The predicted molar refractivity (Wildman–Crippen MR) is 92.7 cm³/mol. The van der Waals surface area contributed by atoms with E-state index in [-0.39, 0.29) is 0 Å². The van der Waals surface area contributed by atoms with Gasteiger partial charge >= 0.3 is 0 Å². The number of fused-ring (bicyclic) bond motifs is 1. The van der Waals surface area contributed by atoms with Crippen molar-refractivity contribution in [3.63, 3.8) is 0 Å². The summed E-state index contributed by atoms with van der Waals surface area (Å²) in [6.45, 7) is 0.766. The maximum absolute atomic E-state index is 5.83. The van der Waals surface area contributed by atoms with Gasteiger partial charge in [-0.25, -0.2) is 9.67 Å². The average Bonchev–Trinajstić information content (AvgIpc) is 3.00. The molecule has 4 rings (SSSR count). The standard InChI is InChI=1S/C19H21N3O2/c1-23-18-7-2-4-16(11-18)22-19-15(13-21-22)10-14(12-20-19)8-9-24-17-5-3-6-17/h2,4,7,10-13,17H,3,5-6,8-9H2,1H3. The van der Waals surface area contributed by atoms with E-state index in [0.29, 0.717) is 6.10 Å². The molecule has 0 saturated heterocycles. The number of pyridine rings is 1.